The van der Waals surface area contributed by atoms with E-state index in [0.29, 0.717) is 26.0 Å². The van der Waals surface area contributed by atoms with Crippen LogP contribution in [0.2, 0.25) is 0 Å². The minimum absolute atomic E-state index is 0.0724. The number of amides is 1. The molecule has 0 aliphatic carbocycles. The third-order valence-electron chi connectivity index (χ3n) is 4.82. The average molecular weight is 432 g/mol. The van der Waals surface area contributed by atoms with Crippen molar-refractivity contribution in [3.63, 3.8) is 0 Å². The van der Waals surface area contributed by atoms with Crippen LogP contribution in [0.25, 0.3) is 11.3 Å². The van der Waals surface area contributed by atoms with Crippen molar-refractivity contribution in [1.82, 2.24) is 14.9 Å². The van der Waals surface area contributed by atoms with Gasteiger partial charge in [-0.25, -0.2) is 4.98 Å². The number of hydrogen-bond acceptors (Lipinski definition) is 6. The van der Waals surface area contributed by atoms with Crippen LogP contribution in [0.1, 0.15) is 32.6 Å². The summed E-state index contributed by atoms with van der Waals surface area (Å²) in [5.74, 6) is -0.0292. The van der Waals surface area contributed by atoms with Crippen LogP contribution in [-0.2, 0) is 25.6 Å². The van der Waals surface area contributed by atoms with E-state index in [1.54, 1.807) is 6.92 Å². The summed E-state index contributed by atoms with van der Waals surface area (Å²) in [5, 5.41) is 3.66. The first kappa shape index (κ1) is 22.4. The van der Waals surface area contributed by atoms with Gasteiger partial charge in [-0.2, -0.15) is 0 Å². The Labute approximate surface area is 181 Å². The minimum atomic E-state index is -0.231. The van der Waals surface area contributed by atoms with Gasteiger partial charge >= 0.3 is 5.97 Å². The molecule has 0 spiro atoms. The van der Waals surface area contributed by atoms with Crippen molar-refractivity contribution in [2.45, 2.75) is 50.4 Å². The van der Waals surface area contributed by atoms with Crippen molar-refractivity contribution in [2.24, 2.45) is 0 Å². The van der Waals surface area contributed by atoms with Crippen molar-refractivity contribution < 1.29 is 19.1 Å². The van der Waals surface area contributed by atoms with Gasteiger partial charge in [-0.05, 0) is 31.7 Å². The number of carbonyl (C=O) groups is 2. The summed E-state index contributed by atoms with van der Waals surface area (Å²) in [4.78, 5) is 28.1. The van der Waals surface area contributed by atoms with E-state index < -0.39 is 0 Å². The molecule has 162 valence electrons. The third-order valence-corrected chi connectivity index (χ3v) is 5.81. The molecular formula is C22H29N3O4S. The number of esters is 1. The average Bonchev–Trinajstić information content (AvgIpc) is 3.41. The first-order valence-electron chi connectivity index (χ1n) is 10.4. The van der Waals surface area contributed by atoms with Gasteiger partial charge in [0.1, 0.15) is 0 Å². The summed E-state index contributed by atoms with van der Waals surface area (Å²) in [7, 11) is 0. The number of nitrogens with one attached hydrogen (secondary N) is 1. The van der Waals surface area contributed by atoms with Gasteiger partial charge in [0, 0.05) is 19.6 Å². The number of ether oxygens (including phenoxy) is 2. The quantitative estimate of drug-likeness (QED) is 0.334. The van der Waals surface area contributed by atoms with Gasteiger partial charge < -0.3 is 19.4 Å². The van der Waals surface area contributed by atoms with Gasteiger partial charge in [-0.3, -0.25) is 9.59 Å². The highest BCUT2D eigenvalue weighted by atomic mass is 32.2. The van der Waals surface area contributed by atoms with Crippen LogP contribution in [-0.4, -0.2) is 53.0 Å². The number of nitrogens with zero attached hydrogens (tertiary/aromatic N) is 2. The molecule has 0 bridgehead atoms. The van der Waals surface area contributed by atoms with E-state index in [0.717, 1.165) is 42.4 Å². The van der Waals surface area contributed by atoms with E-state index in [1.165, 1.54) is 11.8 Å². The van der Waals surface area contributed by atoms with Crippen molar-refractivity contribution in [3.8, 4) is 11.3 Å². The first-order valence-corrected chi connectivity index (χ1v) is 11.4. The highest BCUT2D eigenvalue weighted by Crippen LogP contribution is 2.28. The van der Waals surface area contributed by atoms with Gasteiger partial charge in [-0.1, -0.05) is 42.1 Å². The predicted octanol–water partition coefficient (Wildman–Crippen LogP) is 3.28. The standard InChI is InChI=1S/C22H29N3O4S/c1-2-28-21(27)11-6-12-23-20(26)16-30-22-24-14-19(17-8-4-3-5-9-17)25(22)15-18-10-7-13-29-18/h3-5,8-9,14,18H,2,6-7,10-13,15-16H2,1H3,(H,23,26). The van der Waals surface area contributed by atoms with Crippen LogP contribution < -0.4 is 5.32 Å². The molecule has 1 fully saturated rings. The number of rotatable bonds is 11. The largest absolute Gasteiger partial charge is 0.466 e. The van der Waals surface area contributed by atoms with Gasteiger partial charge in [0.25, 0.3) is 0 Å². The Hall–Kier alpha value is -2.32. The molecule has 0 saturated carbocycles. The molecule has 30 heavy (non-hydrogen) atoms. The molecule has 1 amide bonds. The zero-order valence-corrected chi connectivity index (χ0v) is 18.2. The summed E-state index contributed by atoms with van der Waals surface area (Å²) in [6.07, 6.45) is 5.05. The van der Waals surface area contributed by atoms with E-state index >= 15 is 0 Å². The van der Waals surface area contributed by atoms with Crippen molar-refractivity contribution in [2.75, 3.05) is 25.5 Å². The Morgan fingerprint density at radius 3 is 2.90 bits per heavy atom. The van der Waals surface area contributed by atoms with E-state index in [4.69, 9.17) is 9.47 Å². The van der Waals surface area contributed by atoms with Gasteiger partial charge in [0.05, 0.1) is 36.9 Å². The lowest BCUT2D eigenvalue weighted by Gasteiger charge is -2.16. The molecule has 0 radical (unpaired) electrons. The monoisotopic (exact) mass is 431 g/mol. The van der Waals surface area contributed by atoms with Crippen molar-refractivity contribution in [3.05, 3.63) is 36.5 Å². The molecule has 1 aromatic heterocycles. The molecule has 1 atom stereocenters. The highest BCUT2D eigenvalue weighted by Gasteiger charge is 2.21. The summed E-state index contributed by atoms with van der Waals surface area (Å²) in [6, 6.07) is 10.1. The van der Waals surface area contributed by atoms with E-state index in [1.807, 2.05) is 24.4 Å². The van der Waals surface area contributed by atoms with E-state index in [9.17, 15) is 9.59 Å². The number of imidazole rings is 1. The molecular weight excluding hydrogens is 402 g/mol. The Balaban J connectivity index is 1.56. The maximum absolute atomic E-state index is 12.2. The van der Waals surface area contributed by atoms with E-state index in [-0.39, 0.29) is 23.7 Å². The van der Waals surface area contributed by atoms with Crippen LogP contribution in [0.5, 0.6) is 0 Å². The van der Waals surface area contributed by atoms with Crippen LogP contribution >= 0.6 is 11.8 Å². The van der Waals surface area contributed by atoms with Gasteiger partial charge in [-0.15, -0.1) is 0 Å². The lowest BCUT2D eigenvalue weighted by molar-refractivity contribution is -0.143. The van der Waals surface area contributed by atoms with Crippen molar-refractivity contribution in [1.29, 1.82) is 0 Å². The number of aromatic nitrogens is 2. The molecule has 8 heteroatoms. The maximum atomic E-state index is 12.2. The minimum Gasteiger partial charge on any atom is -0.466 e. The molecule has 7 nitrogen and oxygen atoms in total. The number of thioether (sulfide) groups is 1. The number of benzene rings is 1. The topological polar surface area (TPSA) is 82.5 Å². The van der Waals surface area contributed by atoms with Crippen molar-refractivity contribution >= 4 is 23.6 Å². The normalized spacial score (nSPS) is 15.8. The van der Waals surface area contributed by atoms with Crippen LogP contribution in [0.4, 0.5) is 0 Å². The molecule has 2 heterocycles. The summed E-state index contributed by atoms with van der Waals surface area (Å²) < 4.78 is 12.9. The van der Waals surface area contributed by atoms with Crippen LogP contribution in [0, 0.1) is 0 Å². The predicted molar refractivity (Wildman–Crippen MR) is 116 cm³/mol. The van der Waals surface area contributed by atoms with E-state index in [2.05, 4.69) is 27.0 Å². The Kier molecular flexibility index (Phi) is 8.77. The maximum Gasteiger partial charge on any atom is 0.305 e. The summed E-state index contributed by atoms with van der Waals surface area (Å²) in [6.45, 7) is 4.15. The molecule has 1 aromatic carbocycles. The Morgan fingerprint density at radius 1 is 1.33 bits per heavy atom. The highest BCUT2D eigenvalue weighted by molar-refractivity contribution is 7.99. The molecule has 1 saturated heterocycles. The third kappa shape index (κ3) is 6.60. The SMILES string of the molecule is CCOC(=O)CCCNC(=O)CSc1ncc(-c2ccccc2)n1CC1CCCO1. The molecule has 1 aliphatic heterocycles. The smallest absolute Gasteiger partial charge is 0.305 e. The molecule has 1 N–H and O–H groups in total. The fraction of sp³-hybridized carbons (Fsp3) is 0.500. The van der Waals surface area contributed by atoms with Crippen LogP contribution in [0.15, 0.2) is 41.7 Å². The zero-order valence-electron chi connectivity index (χ0n) is 17.3. The van der Waals surface area contributed by atoms with Gasteiger partial charge in [0.15, 0.2) is 5.16 Å². The first-order chi connectivity index (χ1) is 14.7. The Bertz CT molecular complexity index is 819. The number of hydrogen-bond donors (Lipinski definition) is 1. The fourth-order valence-corrected chi connectivity index (χ4v) is 4.17. The molecule has 1 aliphatic rings. The second-order valence-corrected chi connectivity index (χ2v) is 8.03. The Morgan fingerprint density at radius 2 is 2.17 bits per heavy atom. The molecule has 1 unspecified atom stereocenters. The lowest BCUT2D eigenvalue weighted by Crippen LogP contribution is -2.27. The fourth-order valence-electron chi connectivity index (χ4n) is 3.36. The lowest BCUT2D eigenvalue weighted by atomic mass is 10.1. The second-order valence-electron chi connectivity index (χ2n) is 7.08. The number of carbonyl (C=O) groups excluding carboxylic acids is 2. The molecule has 3 rings (SSSR count). The summed E-state index contributed by atoms with van der Waals surface area (Å²) >= 11 is 1.42. The molecule has 2 aromatic rings. The summed E-state index contributed by atoms with van der Waals surface area (Å²) in [5.41, 5.74) is 2.13. The second kappa shape index (κ2) is 11.8. The van der Waals surface area contributed by atoms with Crippen LogP contribution in [0.3, 0.4) is 0 Å². The zero-order chi connectivity index (χ0) is 21.2. The van der Waals surface area contributed by atoms with Gasteiger partial charge in [0.2, 0.25) is 5.91 Å².